The normalized spacial score (nSPS) is 14.8. The third kappa shape index (κ3) is 6.35. The van der Waals surface area contributed by atoms with E-state index in [0.29, 0.717) is 6.42 Å². The van der Waals surface area contributed by atoms with Crippen molar-refractivity contribution in [1.29, 1.82) is 0 Å². The maximum Gasteiger partial charge on any atom is 0.516 e. The lowest BCUT2D eigenvalue weighted by Gasteiger charge is -2.30. The zero-order valence-electron chi connectivity index (χ0n) is 12.6. The van der Waals surface area contributed by atoms with Gasteiger partial charge in [-0.05, 0) is 25.1 Å². The second-order valence-corrected chi connectivity index (χ2v) is 11.4. The van der Waals surface area contributed by atoms with Gasteiger partial charge in [0.25, 0.3) is 0 Å². The van der Waals surface area contributed by atoms with Gasteiger partial charge in [-0.15, -0.1) is 0 Å². The Kier molecular flexibility index (Phi) is 7.37. The van der Waals surface area contributed by atoms with Gasteiger partial charge in [0.2, 0.25) is 5.91 Å². The van der Waals surface area contributed by atoms with E-state index in [1.807, 2.05) is 20.0 Å². The first-order chi connectivity index (χ1) is 9.37. The van der Waals surface area contributed by atoms with Crippen LogP contribution < -0.4 is 4.72 Å². The summed E-state index contributed by atoms with van der Waals surface area (Å²) in [5, 5.41) is 0. The number of nitrogens with one attached hydrogen (secondary N) is 1. The summed E-state index contributed by atoms with van der Waals surface area (Å²) in [5.41, 5.74) is -5.40. The third-order valence-electron chi connectivity index (χ3n) is 3.42. The molecule has 1 atom stereocenters. The summed E-state index contributed by atoms with van der Waals surface area (Å²) in [6.07, 6.45) is 1.67. The summed E-state index contributed by atoms with van der Waals surface area (Å²) in [6.45, 7) is 5.87. The minimum absolute atomic E-state index is 0.0758. The predicted octanol–water partition coefficient (Wildman–Crippen LogP) is 2.75. The number of halogens is 3. The molecular formula is C11H22F3NO4SSi. The van der Waals surface area contributed by atoms with Crippen molar-refractivity contribution in [3.05, 3.63) is 0 Å². The second kappa shape index (κ2) is 7.59. The zero-order chi connectivity index (χ0) is 16.9. The SMILES string of the molecule is CCCC(CCC(=O)NS(=O)(=O)C(F)(F)F)[Si](C)(C)OC. The van der Waals surface area contributed by atoms with Crippen LogP contribution in [0.5, 0.6) is 0 Å². The standard InChI is InChI=1S/C11H22F3NO4SSi/c1-5-6-9(21(3,4)19-2)7-8-10(16)15-20(17,18)11(12,13)14/h9H,5-8H2,1-4H3,(H,15,16). The smallest absolute Gasteiger partial charge is 0.420 e. The minimum atomic E-state index is -5.62. The molecule has 0 aliphatic heterocycles. The van der Waals surface area contributed by atoms with E-state index in [9.17, 15) is 26.4 Å². The fourth-order valence-electron chi connectivity index (χ4n) is 1.92. The zero-order valence-corrected chi connectivity index (χ0v) is 14.4. The summed E-state index contributed by atoms with van der Waals surface area (Å²) < 4.78 is 64.5. The van der Waals surface area contributed by atoms with Gasteiger partial charge >= 0.3 is 15.5 Å². The molecule has 0 aromatic rings. The van der Waals surface area contributed by atoms with Crippen LogP contribution in [0.2, 0.25) is 18.6 Å². The van der Waals surface area contributed by atoms with Crippen molar-refractivity contribution >= 4 is 24.2 Å². The maximum atomic E-state index is 12.1. The van der Waals surface area contributed by atoms with Crippen LogP contribution in [0.4, 0.5) is 13.2 Å². The molecule has 0 radical (unpaired) electrons. The highest BCUT2D eigenvalue weighted by molar-refractivity contribution is 7.90. The quantitative estimate of drug-likeness (QED) is 0.684. The molecule has 0 rings (SSSR count). The summed E-state index contributed by atoms with van der Waals surface area (Å²) in [5.74, 6) is -1.14. The van der Waals surface area contributed by atoms with Crippen molar-refractivity contribution in [2.75, 3.05) is 7.11 Å². The molecule has 0 spiro atoms. The first kappa shape index (κ1) is 20.4. The number of carbonyl (C=O) groups excluding carboxylic acids is 1. The molecule has 0 aromatic heterocycles. The number of hydrogen-bond donors (Lipinski definition) is 1. The van der Waals surface area contributed by atoms with Gasteiger partial charge in [0.15, 0.2) is 8.32 Å². The number of rotatable bonds is 8. The van der Waals surface area contributed by atoms with Crippen molar-refractivity contribution in [3.8, 4) is 0 Å². The van der Waals surface area contributed by atoms with Crippen molar-refractivity contribution in [2.45, 2.75) is 56.8 Å². The number of alkyl halides is 3. The maximum absolute atomic E-state index is 12.1. The van der Waals surface area contributed by atoms with E-state index in [1.54, 1.807) is 7.11 Å². The van der Waals surface area contributed by atoms with Gasteiger partial charge < -0.3 is 4.43 Å². The molecule has 126 valence electrons. The Morgan fingerprint density at radius 3 is 2.19 bits per heavy atom. The molecule has 1 amide bonds. The van der Waals surface area contributed by atoms with Crippen molar-refractivity contribution in [3.63, 3.8) is 0 Å². The fourth-order valence-corrected chi connectivity index (χ4v) is 4.59. The molecule has 0 aliphatic rings. The number of carbonyl (C=O) groups is 1. The van der Waals surface area contributed by atoms with E-state index in [2.05, 4.69) is 0 Å². The Balaban J connectivity index is 4.66. The minimum Gasteiger partial charge on any atom is -0.420 e. The highest BCUT2D eigenvalue weighted by Gasteiger charge is 2.47. The number of amides is 1. The molecule has 0 aliphatic carbocycles. The molecule has 21 heavy (non-hydrogen) atoms. The first-order valence-electron chi connectivity index (χ1n) is 6.54. The summed E-state index contributed by atoms with van der Waals surface area (Å²) in [7, 11) is -6.09. The highest BCUT2D eigenvalue weighted by Crippen LogP contribution is 2.32. The molecule has 0 fully saturated rings. The Labute approximate surface area is 124 Å². The van der Waals surface area contributed by atoms with E-state index in [4.69, 9.17) is 4.43 Å². The van der Waals surface area contributed by atoms with Gasteiger partial charge in [-0.1, -0.05) is 19.8 Å². The molecule has 10 heteroatoms. The first-order valence-corrected chi connectivity index (χ1v) is 11.0. The lowest BCUT2D eigenvalue weighted by Crippen LogP contribution is -2.41. The average Bonchev–Trinajstić information content (AvgIpc) is 2.32. The number of hydrogen-bond acceptors (Lipinski definition) is 4. The van der Waals surface area contributed by atoms with E-state index < -0.39 is 29.8 Å². The molecule has 1 N–H and O–H groups in total. The topological polar surface area (TPSA) is 72.5 Å². The van der Waals surface area contributed by atoms with Gasteiger partial charge in [0.05, 0.1) is 0 Å². The lowest BCUT2D eigenvalue weighted by molar-refractivity contribution is -0.120. The van der Waals surface area contributed by atoms with E-state index in [-0.39, 0.29) is 12.0 Å². The Hall–Kier alpha value is -0.613. The molecule has 5 nitrogen and oxygen atoms in total. The monoisotopic (exact) mass is 349 g/mol. The van der Waals surface area contributed by atoms with Gasteiger partial charge in [0, 0.05) is 13.5 Å². The fraction of sp³-hybridized carbons (Fsp3) is 0.909. The molecule has 0 saturated carbocycles. The molecule has 0 bridgehead atoms. The van der Waals surface area contributed by atoms with Crippen LogP contribution in [0.25, 0.3) is 0 Å². The summed E-state index contributed by atoms with van der Waals surface area (Å²) in [6, 6.07) is 0. The summed E-state index contributed by atoms with van der Waals surface area (Å²) in [4.78, 5) is 11.4. The van der Waals surface area contributed by atoms with Crippen LogP contribution in [0.1, 0.15) is 32.6 Å². The van der Waals surface area contributed by atoms with Crippen LogP contribution >= 0.6 is 0 Å². The Bertz CT molecular complexity index is 451. The van der Waals surface area contributed by atoms with Crippen LogP contribution in [0, 0.1) is 0 Å². The Morgan fingerprint density at radius 2 is 1.81 bits per heavy atom. The van der Waals surface area contributed by atoms with E-state index >= 15 is 0 Å². The van der Waals surface area contributed by atoms with Crippen molar-refractivity contribution in [2.24, 2.45) is 0 Å². The molecule has 0 aromatic carbocycles. The predicted molar refractivity (Wildman–Crippen MR) is 75.5 cm³/mol. The molecular weight excluding hydrogens is 327 g/mol. The van der Waals surface area contributed by atoms with Gasteiger partial charge in [-0.2, -0.15) is 21.6 Å². The van der Waals surface area contributed by atoms with Crippen LogP contribution in [-0.2, 0) is 19.2 Å². The highest BCUT2D eigenvalue weighted by atomic mass is 32.2. The lowest BCUT2D eigenvalue weighted by atomic mass is 10.1. The van der Waals surface area contributed by atoms with E-state index in [0.717, 1.165) is 17.6 Å². The van der Waals surface area contributed by atoms with Gasteiger partial charge in [0.1, 0.15) is 0 Å². The molecule has 0 heterocycles. The third-order valence-corrected chi connectivity index (χ3v) is 8.12. The van der Waals surface area contributed by atoms with Gasteiger partial charge in [-0.25, -0.2) is 4.72 Å². The molecule has 1 unspecified atom stereocenters. The largest absolute Gasteiger partial charge is 0.516 e. The van der Waals surface area contributed by atoms with E-state index in [1.165, 1.54) is 0 Å². The second-order valence-electron chi connectivity index (χ2n) is 5.31. The van der Waals surface area contributed by atoms with Crippen molar-refractivity contribution < 1.29 is 30.8 Å². The summed E-state index contributed by atoms with van der Waals surface area (Å²) >= 11 is 0. The number of sulfonamides is 1. The van der Waals surface area contributed by atoms with Crippen LogP contribution in [-0.4, -0.2) is 35.3 Å². The average molecular weight is 349 g/mol. The van der Waals surface area contributed by atoms with Crippen LogP contribution in [0.3, 0.4) is 0 Å². The van der Waals surface area contributed by atoms with Crippen molar-refractivity contribution in [1.82, 2.24) is 4.72 Å². The van der Waals surface area contributed by atoms with Gasteiger partial charge in [-0.3, -0.25) is 4.79 Å². The Morgan fingerprint density at radius 1 is 1.29 bits per heavy atom. The molecule has 0 saturated heterocycles. The van der Waals surface area contributed by atoms with Crippen LogP contribution in [0.15, 0.2) is 0 Å².